The molecule has 0 unspecified atom stereocenters. The molecule has 0 aliphatic carbocycles. The first kappa shape index (κ1) is 16.3. The van der Waals surface area contributed by atoms with Crippen molar-refractivity contribution in [2.45, 2.75) is 26.4 Å². The van der Waals surface area contributed by atoms with E-state index >= 15 is 0 Å². The van der Waals surface area contributed by atoms with Crippen molar-refractivity contribution in [3.63, 3.8) is 0 Å². The van der Waals surface area contributed by atoms with Gasteiger partial charge in [-0.15, -0.1) is 5.10 Å². The molecule has 0 radical (unpaired) electrons. The molecule has 1 aromatic heterocycles. The van der Waals surface area contributed by atoms with Crippen LogP contribution in [0.4, 0.5) is 23.1 Å². The van der Waals surface area contributed by atoms with Gasteiger partial charge in [-0.25, -0.2) is 0 Å². The van der Waals surface area contributed by atoms with E-state index in [0.29, 0.717) is 11.8 Å². The molecule has 2 heterocycles. The minimum Gasteiger partial charge on any atom is -0.491 e. The van der Waals surface area contributed by atoms with Gasteiger partial charge in [-0.2, -0.15) is 10.1 Å². The second-order valence-corrected chi connectivity index (χ2v) is 6.49. The Morgan fingerprint density at radius 1 is 1.08 bits per heavy atom. The van der Waals surface area contributed by atoms with Crippen LogP contribution in [-0.2, 0) is 6.42 Å². The van der Waals surface area contributed by atoms with E-state index in [1.165, 1.54) is 5.56 Å². The second kappa shape index (κ2) is 7.00. The first-order valence-corrected chi connectivity index (χ1v) is 8.78. The Bertz CT molecular complexity index is 895. The first-order chi connectivity index (χ1) is 12.7. The van der Waals surface area contributed by atoms with Gasteiger partial charge in [0.15, 0.2) is 5.82 Å². The van der Waals surface area contributed by atoms with Gasteiger partial charge in [0.2, 0.25) is 0 Å². The van der Waals surface area contributed by atoms with Crippen molar-refractivity contribution >= 4 is 23.1 Å². The number of fused-ring (bicyclic) bond motifs is 1. The lowest BCUT2D eigenvalue weighted by Crippen LogP contribution is -2.17. The van der Waals surface area contributed by atoms with Gasteiger partial charge in [0.05, 0.1) is 12.3 Å². The molecular formula is C20H21N5O. The molecule has 6 heteroatoms. The van der Waals surface area contributed by atoms with Gasteiger partial charge < -0.3 is 15.0 Å². The largest absolute Gasteiger partial charge is 0.491 e. The van der Waals surface area contributed by atoms with Gasteiger partial charge in [-0.3, -0.25) is 0 Å². The molecule has 4 rings (SSSR count). The van der Waals surface area contributed by atoms with E-state index in [9.17, 15) is 0 Å². The molecule has 0 amide bonds. The Morgan fingerprint density at radius 3 is 2.69 bits per heavy atom. The number of para-hydroxylation sites is 1. The van der Waals surface area contributed by atoms with Crippen LogP contribution >= 0.6 is 0 Å². The van der Waals surface area contributed by atoms with E-state index in [0.717, 1.165) is 30.1 Å². The topological polar surface area (TPSA) is 63.2 Å². The molecule has 0 fully saturated rings. The van der Waals surface area contributed by atoms with Crippen LogP contribution in [0.5, 0.6) is 5.75 Å². The molecule has 3 aromatic rings. The summed E-state index contributed by atoms with van der Waals surface area (Å²) in [5, 5.41) is 11.6. The molecule has 1 N–H and O–H groups in total. The number of ether oxygens (including phenoxy) is 1. The quantitative estimate of drug-likeness (QED) is 0.750. The third-order valence-electron chi connectivity index (χ3n) is 4.17. The third-order valence-corrected chi connectivity index (χ3v) is 4.17. The van der Waals surface area contributed by atoms with Gasteiger partial charge in [0, 0.05) is 17.9 Å². The molecule has 0 saturated heterocycles. The third kappa shape index (κ3) is 3.44. The molecule has 6 nitrogen and oxygen atoms in total. The maximum atomic E-state index is 5.67. The molecule has 0 atom stereocenters. The summed E-state index contributed by atoms with van der Waals surface area (Å²) in [6.07, 6.45) is 2.78. The van der Waals surface area contributed by atoms with Crippen molar-refractivity contribution in [1.82, 2.24) is 15.2 Å². The highest BCUT2D eigenvalue weighted by Crippen LogP contribution is 2.32. The fourth-order valence-corrected chi connectivity index (χ4v) is 3.05. The normalized spacial score (nSPS) is 13.0. The summed E-state index contributed by atoms with van der Waals surface area (Å²) in [6, 6.07) is 16.1. The van der Waals surface area contributed by atoms with Crippen molar-refractivity contribution < 1.29 is 4.74 Å². The average Bonchev–Trinajstić information content (AvgIpc) is 3.07. The maximum absolute atomic E-state index is 5.67. The number of hydrogen-bond donors (Lipinski definition) is 1. The predicted octanol–water partition coefficient (Wildman–Crippen LogP) is 4.10. The number of hydrogen-bond acceptors (Lipinski definition) is 6. The average molecular weight is 347 g/mol. The highest BCUT2D eigenvalue weighted by atomic mass is 16.5. The zero-order chi connectivity index (χ0) is 17.9. The summed E-state index contributed by atoms with van der Waals surface area (Å²) >= 11 is 0. The van der Waals surface area contributed by atoms with Crippen LogP contribution in [0.25, 0.3) is 0 Å². The van der Waals surface area contributed by atoms with Crippen molar-refractivity contribution in [2.24, 2.45) is 0 Å². The minimum absolute atomic E-state index is 0.158. The standard InChI is InChI=1S/C20H21N5O/c1-14(2)26-17-9-7-16(8-10-17)22-19-13-21-24-20(23-19)25-12-11-15-5-3-4-6-18(15)25/h3-10,13-14H,11-12H2,1-2H3,(H,22,23,24). The zero-order valence-corrected chi connectivity index (χ0v) is 14.9. The Morgan fingerprint density at radius 2 is 1.88 bits per heavy atom. The predicted molar refractivity (Wildman–Crippen MR) is 102 cm³/mol. The molecule has 132 valence electrons. The highest BCUT2D eigenvalue weighted by molar-refractivity contribution is 5.66. The molecule has 26 heavy (non-hydrogen) atoms. The van der Waals surface area contributed by atoms with Gasteiger partial charge in [0.1, 0.15) is 5.75 Å². The lowest BCUT2D eigenvalue weighted by atomic mass is 10.2. The fraction of sp³-hybridized carbons (Fsp3) is 0.250. The summed E-state index contributed by atoms with van der Waals surface area (Å²) < 4.78 is 5.67. The number of rotatable bonds is 5. The van der Waals surface area contributed by atoms with Gasteiger partial charge in [-0.1, -0.05) is 18.2 Å². The SMILES string of the molecule is CC(C)Oc1ccc(Nc2cnnc(N3CCc4ccccc43)n2)cc1. The number of anilines is 4. The number of nitrogens with zero attached hydrogens (tertiary/aromatic N) is 4. The van der Waals surface area contributed by atoms with Gasteiger partial charge >= 0.3 is 0 Å². The Balaban J connectivity index is 1.52. The Kier molecular flexibility index (Phi) is 4.39. The monoisotopic (exact) mass is 347 g/mol. The van der Waals surface area contributed by atoms with Crippen LogP contribution < -0.4 is 15.0 Å². The summed E-state index contributed by atoms with van der Waals surface area (Å²) in [5.41, 5.74) is 3.39. The van der Waals surface area contributed by atoms with Crippen LogP contribution in [0.1, 0.15) is 19.4 Å². The van der Waals surface area contributed by atoms with E-state index < -0.39 is 0 Å². The first-order valence-electron chi connectivity index (χ1n) is 8.78. The summed E-state index contributed by atoms with van der Waals surface area (Å²) in [6.45, 7) is 4.89. The number of benzene rings is 2. The smallest absolute Gasteiger partial charge is 0.251 e. The Labute approximate surface area is 152 Å². The second-order valence-electron chi connectivity index (χ2n) is 6.49. The summed E-state index contributed by atoms with van der Waals surface area (Å²) in [4.78, 5) is 6.73. The van der Waals surface area contributed by atoms with Crippen molar-refractivity contribution in [3.8, 4) is 5.75 Å². The van der Waals surface area contributed by atoms with Gasteiger partial charge in [-0.05, 0) is 56.2 Å². The van der Waals surface area contributed by atoms with Crippen LogP contribution in [0, 0.1) is 0 Å². The molecular weight excluding hydrogens is 326 g/mol. The molecule has 2 aromatic carbocycles. The van der Waals surface area contributed by atoms with Crippen LogP contribution in [-0.4, -0.2) is 27.8 Å². The van der Waals surface area contributed by atoms with Gasteiger partial charge in [0.25, 0.3) is 5.95 Å². The van der Waals surface area contributed by atoms with E-state index in [1.54, 1.807) is 6.20 Å². The zero-order valence-electron chi connectivity index (χ0n) is 14.9. The van der Waals surface area contributed by atoms with Crippen LogP contribution in [0.3, 0.4) is 0 Å². The van der Waals surface area contributed by atoms with E-state index in [-0.39, 0.29) is 6.10 Å². The molecule has 1 aliphatic rings. The maximum Gasteiger partial charge on any atom is 0.251 e. The molecule has 0 spiro atoms. The Hall–Kier alpha value is -3.15. The number of aromatic nitrogens is 3. The fourth-order valence-electron chi connectivity index (χ4n) is 3.05. The van der Waals surface area contributed by atoms with Crippen molar-refractivity contribution in [1.29, 1.82) is 0 Å². The summed E-state index contributed by atoms with van der Waals surface area (Å²) in [7, 11) is 0. The molecule has 0 saturated carbocycles. The summed E-state index contributed by atoms with van der Waals surface area (Å²) in [5.74, 6) is 2.12. The van der Waals surface area contributed by atoms with Crippen molar-refractivity contribution in [3.05, 3.63) is 60.3 Å². The van der Waals surface area contributed by atoms with E-state index in [2.05, 4.69) is 43.6 Å². The molecule has 1 aliphatic heterocycles. The van der Waals surface area contributed by atoms with Crippen LogP contribution in [0.15, 0.2) is 54.7 Å². The highest BCUT2D eigenvalue weighted by Gasteiger charge is 2.22. The lowest BCUT2D eigenvalue weighted by Gasteiger charge is -2.17. The minimum atomic E-state index is 0.158. The van der Waals surface area contributed by atoms with Crippen LogP contribution in [0.2, 0.25) is 0 Å². The number of nitrogens with one attached hydrogen (secondary N) is 1. The van der Waals surface area contributed by atoms with E-state index in [1.807, 2.05) is 44.2 Å². The molecule has 0 bridgehead atoms. The van der Waals surface area contributed by atoms with E-state index in [4.69, 9.17) is 4.74 Å². The van der Waals surface area contributed by atoms with Crippen molar-refractivity contribution in [2.75, 3.05) is 16.8 Å². The lowest BCUT2D eigenvalue weighted by molar-refractivity contribution is 0.242.